The van der Waals surface area contributed by atoms with E-state index in [1.807, 2.05) is 18.2 Å². The summed E-state index contributed by atoms with van der Waals surface area (Å²) in [5.74, 6) is 0.523. The second kappa shape index (κ2) is 7.34. The van der Waals surface area contributed by atoms with E-state index in [4.69, 9.17) is 0 Å². The number of rotatable bonds is 4. The third kappa shape index (κ3) is 4.08. The van der Waals surface area contributed by atoms with Crippen molar-refractivity contribution in [2.75, 3.05) is 24.6 Å². The summed E-state index contributed by atoms with van der Waals surface area (Å²) < 4.78 is 24.9. The van der Waals surface area contributed by atoms with Crippen molar-refractivity contribution in [1.82, 2.24) is 14.8 Å². The van der Waals surface area contributed by atoms with Crippen LogP contribution in [0.4, 0.5) is 0 Å². The Morgan fingerprint density at radius 3 is 2.37 bits per heavy atom. The van der Waals surface area contributed by atoms with Crippen molar-refractivity contribution in [3.05, 3.63) is 65.0 Å². The van der Waals surface area contributed by atoms with Gasteiger partial charge >= 0.3 is 0 Å². The third-order valence-electron chi connectivity index (χ3n) is 5.88. The molecule has 4 rings (SSSR count). The van der Waals surface area contributed by atoms with E-state index in [0.717, 1.165) is 31.9 Å². The minimum atomic E-state index is -3.00. The molecule has 2 atom stereocenters. The second-order valence-corrected chi connectivity index (χ2v) is 10.1. The first-order chi connectivity index (χ1) is 12.9. The molecule has 144 valence electrons. The Kier molecular flexibility index (Phi) is 5.05. The van der Waals surface area contributed by atoms with Gasteiger partial charge in [-0.25, -0.2) is 8.42 Å². The lowest BCUT2D eigenvalue weighted by Crippen LogP contribution is -2.58. The first kappa shape index (κ1) is 18.6. The highest BCUT2D eigenvalue weighted by atomic mass is 32.2. The van der Waals surface area contributed by atoms with E-state index in [0.29, 0.717) is 0 Å². The van der Waals surface area contributed by atoms with Crippen LogP contribution in [0.1, 0.15) is 22.4 Å². The van der Waals surface area contributed by atoms with Gasteiger partial charge in [-0.1, -0.05) is 29.8 Å². The van der Waals surface area contributed by atoms with Crippen LogP contribution < -0.4 is 0 Å². The quantitative estimate of drug-likeness (QED) is 0.808. The van der Waals surface area contributed by atoms with Crippen molar-refractivity contribution in [3.63, 3.8) is 0 Å². The molecule has 0 spiro atoms. The van der Waals surface area contributed by atoms with Gasteiger partial charge in [0.25, 0.3) is 0 Å². The fraction of sp³-hybridized carbons (Fsp3) is 0.476. The van der Waals surface area contributed by atoms with Crippen LogP contribution in [0.15, 0.2) is 42.6 Å². The summed E-state index contributed by atoms with van der Waals surface area (Å²) in [7, 11) is -3.00. The molecule has 5 nitrogen and oxygen atoms in total. The highest BCUT2D eigenvalue weighted by Gasteiger charge is 2.46. The van der Waals surface area contributed by atoms with E-state index in [2.05, 4.69) is 46.8 Å². The molecular weight excluding hydrogens is 358 g/mol. The van der Waals surface area contributed by atoms with Gasteiger partial charge in [-0.3, -0.25) is 14.8 Å². The highest BCUT2D eigenvalue weighted by molar-refractivity contribution is 7.91. The van der Waals surface area contributed by atoms with Crippen molar-refractivity contribution in [2.24, 2.45) is 0 Å². The van der Waals surface area contributed by atoms with Crippen molar-refractivity contribution in [2.45, 2.75) is 39.0 Å². The Bertz CT molecular complexity index is 914. The average Bonchev–Trinajstić information content (AvgIpc) is 2.97. The van der Waals surface area contributed by atoms with E-state index < -0.39 is 9.84 Å². The predicted molar refractivity (Wildman–Crippen MR) is 107 cm³/mol. The number of fused-ring (bicyclic) bond motifs is 1. The van der Waals surface area contributed by atoms with Crippen LogP contribution >= 0.6 is 0 Å². The Morgan fingerprint density at radius 2 is 1.70 bits per heavy atom. The van der Waals surface area contributed by atoms with Gasteiger partial charge in [-0.15, -0.1) is 0 Å². The maximum Gasteiger partial charge on any atom is 0.153 e. The summed E-state index contributed by atoms with van der Waals surface area (Å²) in [5, 5.41) is 0. The lowest BCUT2D eigenvalue weighted by molar-refractivity contribution is 0.0347. The molecule has 1 aromatic heterocycles. The number of piperazine rings is 1. The molecule has 27 heavy (non-hydrogen) atoms. The van der Waals surface area contributed by atoms with Crippen LogP contribution in [-0.2, 0) is 22.9 Å². The van der Waals surface area contributed by atoms with Gasteiger partial charge in [0.05, 0.1) is 17.2 Å². The van der Waals surface area contributed by atoms with Crippen molar-refractivity contribution >= 4 is 9.84 Å². The minimum absolute atomic E-state index is 0.0517. The van der Waals surface area contributed by atoms with Gasteiger partial charge in [0.15, 0.2) is 9.84 Å². The van der Waals surface area contributed by atoms with Gasteiger partial charge in [-0.05, 0) is 37.1 Å². The molecule has 0 radical (unpaired) electrons. The standard InChI is InChI=1S/C21H27N3O2S/c1-16-6-7-17(2)18(11-16)12-23-9-10-24(13-19-5-3-4-8-22-19)21-15-27(25,26)14-20(21)23/h3-8,11,20-21H,9-10,12-15H2,1-2H3/t20-,21+/m1/s1. The number of benzene rings is 1. The summed E-state index contributed by atoms with van der Waals surface area (Å²) >= 11 is 0. The normalized spacial score (nSPS) is 25.4. The summed E-state index contributed by atoms with van der Waals surface area (Å²) in [6, 6.07) is 12.5. The van der Waals surface area contributed by atoms with Crippen LogP contribution in [0.3, 0.4) is 0 Å². The molecule has 2 fully saturated rings. The fourth-order valence-electron chi connectivity index (χ4n) is 4.38. The number of nitrogens with zero attached hydrogens (tertiary/aromatic N) is 3. The van der Waals surface area contributed by atoms with Crippen molar-refractivity contribution in [3.8, 4) is 0 Å². The molecule has 2 aliphatic rings. The fourth-order valence-corrected chi connectivity index (χ4v) is 6.42. The Morgan fingerprint density at radius 1 is 1.00 bits per heavy atom. The van der Waals surface area contributed by atoms with Gasteiger partial charge in [0.2, 0.25) is 0 Å². The van der Waals surface area contributed by atoms with Crippen LogP contribution in [0.2, 0.25) is 0 Å². The lowest BCUT2D eigenvalue weighted by atomic mass is 10.0. The molecule has 2 saturated heterocycles. The minimum Gasteiger partial charge on any atom is -0.292 e. The topological polar surface area (TPSA) is 53.5 Å². The molecule has 0 bridgehead atoms. The molecule has 0 amide bonds. The van der Waals surface area contributed by atoms with E-state index in [9.17, 15) is 8.42 Å². The second-order valence-electron chi connectivity index (χ2n) is 7.90. The molecule has 6 heteroatoms. The zero-order valence-electron chi connectivity index (χ0n) is 16.0. The van der Waals surface area contributed by atoms with Crippen molar-refractivity contribution in [1.29, 1.82) is 0 Å². The van der Waals surface area contributed by atoms with Gasteiger partial charge in [-0.2, -0.15) is 0 Å². The Labute approximate surface area is 161 Å². The molecular formula is C21H27N3O2S. The first-order valence-corrected chi connectivity index (χ1v) is 11.4. The summed E-state index contributed by atoms with van der Waals surface area (Å²) in [6.45, 7) is 7.54. The predicted octanol–water partition coefficient (Wildman–Crippen LogP) is 2.18. The van der Waals surface area contributed by atoms with Crippen LogP contribution in [0.5, 0.6) is 0 Å². The molecule has 2 aliphatic heterocycles. The molecule has 3 heterocycles. The van der Waals surface area contributed by atoms with E-state index in [-0.39, 0.29) is 23.6 Å². The number of hydrogen-bond acceptors (Lipinski definition) is 5. The Balaban J connectivity index is 1.56. The Hall–Kier alpha value is -1.76. The van der Waals surface area contributed by atoms with Gasteiger partial charge < -0.3 is 0 Å². The van der Waals surface area contributed by atoms with E-state index >= 15 is 0 Å². The zero-order valence-corrected chi connectivity index (χ0v) is 16.8. The highest BCUT2D eigenvalue weighted by Crippen LogP contribution is 2.29. The molecule has 1 aromatic carbocycles. The van der Waals surface area contributed by atoms with Crippen LogP contribution in [0, 0.1) is 13.8 Å². The van der Waals surface area contributed by atoms with Gasteiger partial charge in [0, 0.05) is 44.5 Å². The number of sulfone groups is 1. The van der Waals surface area contributed by atoms with E-state index in [1.54, 1.807) is 6.20 Å². The molecule has 0 N–H and O–H groups in total. The maximum absolute atomic E-state index is 12.4. The monoisotopic (exact) mass is 385 g/mol. The number of pyridine rings is 1. The van der Waals surface area contributed by atoms with Gasteiger partial charge in [0.1, 0.15) is 0 Å². The summed E-state index contributed by atoms with van der Waals surface area (Å²) in [5.41, 5.74) is 4.83. The third-order valence-corrected chi connectivity index (χ3v) is 7.57. The number of hydrogen-bond donors (Lipinski definition) is 0. The largest absolute Gasteiger partial charge is 0.292 e. The number of aromatic nitrogens is 1. The summed E-state index contributed by atoms with van der Waals surface area (Å²) in [6.07, 6.45) is 1.80. The summed E-state index contributed by atoms with van der Waals surface area (Å²) in [4.78, 5) is 9.12. The zero-order chi connectivity index (χ0) is 19.0. The molecule has 0 saturated carbocycles. The first-order valence-electron chi connectivity index (χ1n) is 9.56. The van der Waals surface area contributed by atoms with Crippen LogP contribution in [0.25, 0.3) is 0 Å². The van der Waals surface area contributed by atoms with Crippen molar-refractivity contribution < 1.29 is 8.42 Å². The average molecular weight is 386 g/mol. The molecule has 2 aromatic rings. The SMILES string of the molecule is Cc1ccc(C)c(CN2CCN(Cc3ccccn3)[C@H]3CS(=O)(=O)C[C@H]32)c1. The molecule has 0 unspecified atom stereocenters. The van der Waals surface area contributed by atoms with Crippen LogP contribution in [-0.4, -0.2) is 59.9 Å². The number of aryl methyl sites for hydroxylation is 2. The lowest BCUT2D eigenvalue weighted by Gasteiger charge is -2.44. The maximum atomic E-state index is 12.4. The van der Waals surface area contributed by atoms with E-state index in [1.165, 1.54) is 16.7 Å². The smallest absolute Gasteiger partial charge is 0.153 e. The molecule has 0 aliphatic carbocycles.